The lowest BCUT2D eigenvalue weighted by Crippen LogP contribution is -2.36. The highest BCUT2D eigenvalue weighted by Gasteiger charge is 2.35. The number of halogens is 2. The molecule has 0 aliphatic heterocycles. The van der Waals surface area contributed by atoms with Gasteiger partial charge < -0.3 is 10.2 Å². The number of rotatable bonds is 1. The Kier molecular flexibility index (Phi) is 2.88. The maximum absolute atomic E-state index is 10.4. The van der Waals surface area contributed by atoms with Gasteiger partial charge in [-0.3, -0.25) is 4.79 Å². The van der Waals surface area contributed by atoms with Crippen molar-refractivity contribution in [1.82, 2.24) is 0 Å². The van der Waals surface area contributed by atoms with Crippen LogP contribution in [-0.4, -0.2) is 27.1 Å². The Morgan fingerprint density at radius 1 is 1.67 bits per heavy atom. The van der Waals surface area contributed by atoms with Gasteiger partial charge in [0.05, 0.1) is 0 Å². The molecular weight excluding hydrogens is 292 g/mol. The first-order valence-corrected chi connectivity index (χ1v) is 4.70. The summed E-state index contributed by atoms with van der Waals surface area (Å²) in [7, 11) is 0. The number of alkyl halides is 1. The van der Waals surface area contributed by atoms with E-state index in [1.54, 1.807) is 0 Å². The molecule has 0 aromatic rings. The molecule has 2 N–H and O–H groups in total. The lowest BCUT2D eigenvalue weighted by Gasteiger charge is -2.27. The van der Waals surface area contributed by atoms with Crippen LogP contribution in [0.15, 0.2) is 22.2 Å². The summed E-state index contributed by atoms with van der Waals surface area (Å²) in [6.07, 6.45) is 2.21. The van der Waals surface area contributed by atoms with Gasteiger partial charge in [-0.1, -0.05) is 15.9 Å². The highest BCUT2D eigenvalue weighted by molar-refractivity contribution is 9.12. The van der Waals surface area contributed by atoms with Gasteiger partial charge in [0.1, 0.15) is 12.4 Å². The van der Waals surface area contributed by atoms with Gasteiger partial charge in [0.25, 0.3) is 0 Å². The molecule has 66 valence electrons. The molecule has 1 rings (SSSR count). The fourth-order valence-corrected chi connectivity index (χ4v) is 2.29. The minimum Gasteiger partial charge on any atom is -0.384 e. The van der Waals surface area contributed by atoms with Gasteiger partial charge in [-0.15, -0.1) is 0 Å². The Bertz CT molecular complexity index is 268. The SMILES string of the molecule is O=CC1=CC(O)(Br)C(O)C(Br)=C1. The number of hydrogen-bond acceptors (Lipinski definition) is 3. The van der Waals surface area contributed by atoms with E-state index in [0.29, 0.717) is 16.3 Å². The molecule has 0 amide bonds. The molecule has 1 aliphatic carbocycles. The number of carbonyl (C=O) groups excluding carboxylic acids is 1. The maximum atomic E-state index is 10.4. The van der Waals surface area contributed by atoms with Crippen molar-refractivity contribution in [1.29, 1.82) is 0 Å². The van der Waals surface area contributed by atoms with Gasteiger partial charge in [0, 0.05) is 10.1 Å². The molecular formula is C7H6Br2O3. The van der Waals surface area contributed by atoms with E-state index in [0.717, 1.165) is 0 Å². The van der Waals surface area contributed by atoms with Gasteiger partial charge >= 0.3 is 0 Å². The molecule has 2 unspecified atom stereocenters. The largest absolute Gasteiger partial charge is 0.384 e. The topological polar surface area (TPSA) is 57.5 Å². The monoisotopic (exact) mass is 296 g/mol. The first kappa shape index (κ1) is 10.1. The van der Waals surface area contributed by atoms with Crippen molar-refractivity contribution in [3.8, 4) is 0 Å². The molecule has 2 atom stereocenters. The lowest BCUT2D eigenvalue weighted by atomic mass is 10.0. The van der Waals surface area contributed by atoms with Crippen LogP contribution in [0.3, 0.4) is 0 Å². The van der Waals surface area contributed by atoms with Crippen LogP contribution < -0.4 is 0 Å². The van der Waals surface area contributed by atoms with Gasteiger partial charge in [-0.05, 0) is 28.1 Å². The van der Waals surface area contributed by atoms with Crippen LogP contribution in [0.5, 0.6) is 0 Å². The highest BCUT2D eigenvalue weighted by atomic mass is 79.9. The molecule has 0 heterocycles. The van der Waals surface area contributed by atoms with E-state index in [4.69, 9.17) is 0 Å². The predicted octanol–water partition coefficient (Wildman–Crippen LogP) is 0.848. The molecule has 0 aromatic carbocycles. The third-order valence-corrected chi connectivity index (χ3v) is 2.78. The van der Waals surface area contributed by atoms with E-state index >= 15 is 0 Å². The van der Waals surface area contributed by atoms with Crippen molar-refractivity contribution in [2.75, 3.05) is 0 Å². The molecule has 5 heteroatoms. The van der Waals surface area contributed by atoms with E-state index < -0.39 is 10.6 Å². The first-order valence-electron chi connectivity index (χ1n) is 3.12. The maximum Gasteiger partial charge on any atom is 0.169 e. The number of hydrogen-bond donors (Lipinski definition) is 2. The summed E-state index contributed by atoms with van der Waals surface area (Å²) in [6.45, 7) is 0. The zero-order valence-electron chi connectivity index (χ0n) is 5.87. The Labute approximate surface area is 86.0 Å². The second-order valence-electron chi connectivity index (χ2n) is 2.42. The Balaban J connectivity index is 3.06. The van der Waals surface area contributed by atoms with Crippen LogP contribution >= 0.6 is 31.9 Å². The van der Waals surface area contributed by atoms with E-state index in [9.17, 15) is 15.0 Å². The third-order valence-electron chi connectivity index (χ3n) is 1.45. The van der Waals surface area contributed by atoms with E-state index in [1.165, 1.54) is 12.2 Å². The van der Waals surface area contributed by atoms with E-state index in [2.05, 4.69) is 31.9 Å². The van der Waals surface area contributed by atoms with Crippen LogP contribution in [0.25, 0.3) is 0 Å². The van der Waals surface area contributed by atoms with Crippen molar-refractivity contribution in [3.63, 3.8) is 0 Å². The van der Waals surface area contributed by atoms with Crippen molar-refractivity contribution in [2.45, 2.75) is 10.6 Å². The van der Waals surface area contributed by atoms with Gasteiger partial charge in [-0.25, -0.2) is 0 Å². The Morgan fingerprint density at radius 3 is 2.67 bits per heavy atom. The molecule has 0 aromatic heterocycles. The summed E-state index contributed by atoms with van der Waals surface area (Å²) >= 11 is 5.91. The van der Waals surface area contributed by atoms with Crippen LogP contribution in [0, 0.1) is 0 Å². The number of aldehydes is 1. The van der Waals surface area contributed by atoms with E-state index in [-0.39, 0.29) is 0 Å². The summed E-state index contributed by atoms with van der Waals surface area (Å²) in [6, 6.07) is 0. The van der Waals surface area contributed by atoms with Crippen LogP contribution in [0.4, 0.5) is 0 Å². The normalized spacial score (nSPS) is 35.5. The molecule has 1 aliphatic rings. The Hall–Kier alpha value is 0.0300. The molecule has 0 spiro atoms. The minimum atomic E-state index is -1.56. The summed E-state index contributed by atoms with van der Waals surface area (Å²) in [5.74, 6) is 0. The predicted molar refractivity (Wildman–Crippen MR) is 51.0 cm³/mol. The minimum absolute atomic E-state index is 0.312. The van der Waals surface area contributed by atoms with Crippen molar-refractivity contribution in [2.24, 2.45) is 0 Å². The quantitative estimate of drug-likeness (QED) is 0.557. The zero-order valence-corrected chi connectivity index (χ0v) is 9.04. The smallest absolute Gasteiger partial charge is 0.169 e. The summed E-state index contributed by atoms with van der Waals surface area (Å²) in [5, 5.41) is 18.8. The van der Waals surface area contributed by atoms with Gasteiger partial charge in [-0.2, -0.15) is 0 Å². The average molecular weight is 298 g/mol. The first-order chi connectivity index (χ1) is 5.47. The summed E-state index contributed by atoms with van der Waals surface area (Å²) in [5.41, 5.74) is 0.312. The molecule has 3 nitrogen and oxygen atoms in total. The number of carbonyl (C=O) groups is 1. The van der Waals surface area contributed by atoms with Crippen LogP contribution in [0.1, 0.15) is 0 Å². The average Bonchev–Trinajstić information content (AvgIpc) is 1.99. The molecule has 0 radical (unpaired) electrons. The van der Waals surface area contributed by atoms with Gasteiger partial charge in [0.2, 0.25) is 0 Å². The lowest BCUT2D eigenvalue weighted by molar-refractivity contribution is -0.104. The zero-order chi connectivity index (χ0) is 9.35. The fraction of sp³-hybridized carbons (Fsp3) is 0.286. The highest BCUT2D eigenvalue weighted by Crippen LogP contribution is 2.33. The number of aliphatic hydroxyl groups is 2. The molecule has 12 heavy (non-hydrogen) atoms. The molecule has 0 fully saturated rings. The Morgan fingerprint density at radius 2 is 2.25 bits per heavy atom. The third kappa shape index (κ3) is 1.85. The van der Waals surface area contributed by atoms with Crippen LogP contribution in [0.2, 0.25) is 0 Å². The fourth-order valence-electron chi connectivity index (χ4n) is 0.854. The van der Waals surface area contributed by atoms with Crippen molar-refractivity contribution >= 4 is 38.1 Å². The van der Waals surface area contributed by atoms with Crippen molar-refractivity contribution in [3.05, 3.63) is 22.2 Å². The standard InChI is InChI=1S/C7H6Br2O3/c8-5-1-4(3-10)2-7(9,12)6(5)11/h1-3,6,11-12H. The second-order valence-corrected chi connectivity index (χ2v) is 4.61. The summed E-state index contributed by atoms with van der Waals surface area (Å²) < 4.78 is -1.19. The van der Waals surface area contributed by atoms with E-state index in [1.807, 2.05) is 0 Å². The number of allylic oxidation sites excluding steroid dienone is 2. The summed E-state index contributed by atoms with van der Waals surface area (Å²) in [4.78, 5) is 10.4. The van der Waals surface area contributed by atoms with Gasteiger partial charge in [0.15, 0.2) is 4.51 Å². The van der Waals surface area contributed by atoms with Crippen molar-refractivity contribution < 1.29 is 15.0 Å². The number of aliphatic hydroxyl groups excluding tert-OH is 1. The van der Waals surface area contributed by atoms with Crippen LogP contribution in [-0.2, 0) is 4.79 Å². The molecule has 0 saturated carbocycles. The second kappa shape index (κ2) is 3.41. The molecule has 0 saturated heterocycles. The molecule has 0 bridgehead atoms.